The Kier molecular flexibility index (Phi) is 4.37. The molecule has 6 nitrogen and oxygen atoms in total. The molecule has 0 aliphatic carbocycles. The van der Waals surface area contributed by atoms with Gasteiger partial charge in [-0.25, -0.2) is 9.67 Å². The third kappa shape index (κ3) is 3.17. The average Bonchev–Trinajstić information content (AvgIpc) is 2.58. The SMILES string of the molecule is CC(C)Cn1nc(C(=O)Nc2ccccn2)c2ccccc2c1=O. The van der Waals surface area contributed by atoms with E-state index in [0.717, 1.165) is 0 Å². The first-order valence-corrected chi connectivity index (χ1v) is 7.78. The maximum Gasteiger partial charge on any atom is 0.277 e. The maximum atomic E-state index is 12.6. The van der Waals surface area contributed by atoms with Crippen molar-refractivity contribution in [2.24, 2.45) is 5.92 Å². The van der Waals surface area contributed by atoms with Crippen molar-refractivity contribution in [3.63, 3.8) is 0 Å². The van der Waals surface area contributed by atoms with Gasteiger partial charge in [-0.15, -0.1) is 0 Å². The zero-order chi connectivity index (χ0) is 17.1. The van der Waals surface area contributed by atoms with Crippen molar-refractivity contribution in [2.75, 3.05) is 5.32 Å². The number of fused-ring (bicyclic) bond motifs is 1. The summed E-state index contributed by atoms with van der Waals surface area (Å²) in [5.74, 6) is 0.292. The first-order chi connectivity index (χ1) is 11.6. The highest BCUT2D eigenvalue weighted by Crippen LogP contribution is 2.15. The smallest absolute Gasteiger partial charge is 0.277 e. The number of nitrogens with zero attached hydrogens (tertiary/aromatic N) is 3. The predicted molar refractivity (Wildman–Crippen MR) is 93.0 cm³/mol. The Bertz CT molecular complexity index is 933. The van der Waals surface area contributed by atoms with E-state index in [4.69, 9.17) is 0 Å². The van der Waals surface area contributed by atoms with E-state index in [9.17, 15) is 9.59 Å². The maximum absolute atomic E-state index is 12.6. The van der Waals surface area contributed by atoms with Crippen LogP contribution in [0.4, 0.5) is 5.82 Å². The highest BCUT2D eigenvalue weighted by Gasteiger charge is 2.17. The van der Waals surface area contributed by atoms with E-state index in [1.165, 1.54) is 4.68 Å². The van der Waals surface area contributed by atoms with E-state index in [1.807, 2.05) is 13.8 Å². The zero-order valence-corrected chi connectivity index (χ0v) is 13.6. The topological polar surface area (TPSA) is 76.9 Å². The zero-order valence-electron chi connectivity index (χ0n) is 13.6. The van der Waals surface area contributed by atoms with E-state index >= 15 is 0 Å². The lowest BCUT2D eigenvalue weighted by atomic mass is 10.1. The summed E-state index contributed by atoms with van der Waals surface area (Å²) in [6, 6.07) is 12.3. The normalized spacial score (nSPS) is 11.0. The molecule has 0 unspecified atom stereocenters. The van der Waals surface area contributed by atoms with Crippen molar-refractivity contribution >= 4 is 22.5 Å². The number of benzene rings is 1. The number of pyridine rings is 1. The molecule has 0 saturated carbocycles. The van der Waals surface area contributed by atoms with Gasteiger partial charge in [0.2, 0.25) is 0 Å². The monoisotopic (exact) mass is 322 g/mol. The van der Waals surface area contributed by atoms with Crippen molar-refractivity contribution in [3.8, 4) is 0 Å². The number of nitrogens with one attached hydrogen (secondary N) is 1. The van der Waals surface area contributed by atoms with Crippen LogP contribution in [0.5, 0.6) is 0 Å². The van der Waals surface area contributed by atoms with Crippen molar-refractivity contribution in [1.29, 1.82) is 0 Å². The summed E-state index contributed by atoms with van der Waals surface area (Å²) in [6.45, 7) is 4.45. The van der Waals surface area contributed by atoms with Gasteiger partial charge in [0.15, 0.2) is 5.69 Å². The minimum absolute atomic E-state index is 0.186. The summed E-state index contributed by atoms with van der Waals surface area (Å²) in [5.41, 5.74) is 0.0326. The van der Waals surface area contributed by atoms with Gasteiger partial charge in [0, 0.05) is 18.1 Å². The van der Waals surface area contributed by atoms with Crippen LogP contribution in [0.3, 0.4) is 0 Å². The molecular weight excluding hydrogens is 304 g/mol. The third-order valence-electron chi connectivity index (χ3n) is 3.53. The fourth-order valence-electron chi connectivity index (χ4n) is 2.48. The van der Waals surface area contributed by atoms with Crippen LogP contribution in [0.1, 0.15) is 24.3 Å². The third-order valence-corrected chi connectivity index (χ3v) is 3.53. The van der Waals surface area contributed by atoms with E-state index in [0.29, 0.717) is 23.1 Å². The van der Waals surface area contributed by atoms with Gasteiger partial charge in [-0.1, -0.05) is 38.1 Å². The summed E-state index contributed by atoms with van der Waals surface area (Å²) < 4.78 is 1.36. The average molecular weight is 322 g/mol. The van der Waals surface area contributed by atoms with Gasteiger partial charge in [0.25, 0.3) is 11.5 Å². The summed E-state index contributed by atoms with van der Waals surface area (Å²) in [7, 11) is 0. The molecule has 0 bridgehead atoms. The molecule has 3 aromatic rings. The standard InChI is InChI=1S/C18H18N4O2/c1-12(2)11-22-18(24)14-8-4-3-7-13(14)16(21-22)17(23)20-15-9-5-6-10-19-15/h3-10,12H,11H2,1-2H3,(H,19,20,23). The van der Waals surface area contributed by atoms with Gasteiger partial charge in [0.05, 0.1) is 5.39 Å². The molecule has 2 heterocycles. The lowest BCUT2D eigenvalue weighted by Gasteiger charge is -2.12. The second-order valence-electron chi connectivity index (χ2n) is 5.94. The molecule has 24 heavy (non-hydrogen) atoms. The molecule has 0 aliphatic rings. The first kappa shape index (κ1) is 15.9. The second-order valence-corrected chi connectivity index (χ2v) is 5.94. The number of hydrogen-bond donors (Lipinski definition) is 1. The molecule has 0 spiro atoms. The number of hydrogen-bond acceptors (Lipinski definition) is 4. The van der Waals surface area contributed by atoms with Gasteiger partial charge < -0.3 is 5.32 Å². The Morgan fingerprint density at radius 2 is 1.83 bits per heavy atom. The van der Waals surface area contributed by atoms with Crippen LogP contribution in [0.15, 0.2) is 53.5 Å². The van der Waals surface area contributed by atoms with Crippen LogP contribution in [-0.2, 0) is 6.54 Å². The molecule has 1 aromatic carbocycles. The molecule has 1 N–H and O–H groups in total. The highest BCUT2D eigenvalue weighted by atomic mass is 16.2. The van der Waals surface area contributed by atoms with Gasteiger partial charge >= 0.3 is 0 Å². The highest BCUT2D eigenvalue weighted by molar-refractivity contribution is 6.10. The number of anilines is 1. The van der Waals surface area contributed by atoms with Gasteiger partial charge in [0.1, 0.15) is 5.82 Å². The number of carbonyl (C=O) groups is 1. The number of aromatic nitrogens is 3. The van der Waals surface area contributed by atoms with Crippen LogP contribution in [0.2, 0.25) is 0 Å². The molecule has 122 valence electrons. The summed E-state index contributed by atoms with van der Waals surface area (Å²) >= 11 is 0. The van der Waals surface area contributed by atoms with Crippen LogP contribution in [-0.4, -0.2) is 20.7 Å². The summed E-state index contributed by atoms with van der Waals surface area (Å²) in [4.78, 5) is 29.3. The van der Waals surface area contributed by atoms with Crippen LogP contribution in [0.25, 0.3) is 10.8 Å². The molecule has 0 aliphatic heterocycles. The van der Waals surface area contributed by atoms with Crippen molar-refractivity contribution in [3.05, 3.63) is 64.7 Å². The number of amides is 1. The second kappa shape index (κ2) is 6.62. The Balaban J connectivity index is 2.10. The quantitative estimate of drug-likeness (QED) is 0.801. The van der Waals surface area contributed by atoms with E-state index in [-0.39, 0.29) is 23.1 Å². The minimum atomic E-state index is -0.387. The lowest BCUT2D eigenvalue weighted by molar-refractivity contribution is 0.102. The van der Waals surface area contributed by atoms with E-state index < -0.39 is 0 Å². The molecule has 6 heteroatoms. The van der Waals surface area contributed by atoms with Crippen molar-refractivity contribution in [2.45, 2.75) is 20.4 Å². The van der Waals surface area contributed by atoms with Crippen LogP contribution < -0.4 is 10.9 Å². The van der Waals surface area contributed by atoms with Crippen molar-refractivity contribution < 1.29 is 4.79 Å². The fraction of sp³-hybridized carbons (Fsp3) is 0.222. The first-order valence-electron chi connectivity index (χ1n) is 7.78. The Morgan fingerprint density at radius 1 is 1.12 bits per heavy atom. The molecular formula is C18H18N4O2. The van der Waals surface area contributed by atoms with Gasteiger partial charge in [-0.05, 0) is 24.1 Å². The Labute approximate surface area is 139 Å². The van der Waals surface area contributed by atoms with Crippen LogP contribution >= 0.6 is 0 Å². The lowest BCUT2D eigenvalue weighted by Crippen LogP contribution is -2.29. The summed E-state index contributed by atoms with van der Waals surface area (Å²) in [6.07, 6.45) is 1.60. The predicted octanol–water partition coefficient (Wildman–Crippen LogP) is 2.70. The molecule has 1 amide bonds. The molecule has 3 rings (SSSR count). The Morgan fingerprint density at radius 3 is 2.50 bits per heavy atom. The fourth-order valence-corrected chi connectivity index (χ4v) is 2.48. The Hall–Kier alpha value is -3.02. The van der Waals surface area contributed by atoms with E-state index in [1.54, 1.807) is 48.7 Å². The largest absolute Gasteiger partial charge is 0.305 e. The molecule has 0 atom stereocenters. The van der Waals surface area contributed by atoms with Gasteiger partial charge in [-0.3, -0.25) is 9.59 Å². The van der Waals surface area contributed by atoms with E-state index in [2.05, 4.69) is 15.4 Å². The summed E-state index contributed by atoms with van der Waals surface area (Å²) in [5, 5.41) is 8.05. The molecule has 0 radical (unpaired) electrons. The number of rotatable bonds is 4. The van der Waals surface area contributed by atoms with Crippen molar-refractivity contribution in [1.82, 2.24) is 14.8 Å². The molecule has 2 aromatic heterocycles. The van der Waals surface area contributed by atoms with Gasteiger partial charge in [-0.2, -0.15) is 5.10 Å². The number of carbonyl (C=O) groups excluding carboxylic acids is 1. The minimum Gasteiger partial charge on any atom is -0.305 e. The molecule has 0 saturated heterocycles. The van der Waals surface area contributed by atoms with Crippen LogP contribution in [0, 0.1) is 5.92 Å². The molecule has 0 fully saturated rings.